The standard InChI is InChI=1S/C16H25N3O/c1-12(13-6-4-3-5-7-13)18-16(20)11-19(2)15(10-17)14-8-9-14/h3-7,12,14-15H,8-11,17H2,1-2H3,(H,18,20). The van der Waals surface area contributed by atoms with Gasteiger partial charge in [-0.05, 0) is 38.3 Å². The number of carbonyl (C=O) groups excluding carboxylic acids is 1. The van der Waals surface area contributed by atoms with Gasteiger partial charge in [-0.3, -0.25) is 9.69 Å². The van der Waals surface area contributed by atoms with Crippen molar-refractivity contribution in [3.8, 4) is 0 Å². The van der Waals surface area contributed by atoms with E-state index in [9.17, 15) is 4.79 Å². The molecule has 0 aliphatic heterocycles. The van der Waals surface area contributed by atoms with E-state index >= 15 is 0 Å². The molecule has 0 heterocycles. The van der Waals surface area contributed by atoms with Crippen LogP contribution < -0.4 is 11.1 Å². The van der Waals surface area contributed by atoms with Gasteiger partial charge in [0.05, 0.1) is 12.6 Å². The number of hydrogen-bond donors (Lipinski definition) is 2. The Morgan fingerprint density at radius 2 is 2.05 bits per heavy atom. The van der Waals surface area contributed by atoms with Crippen LogP contribution in [0.1, 0.15) is 31.4 Å². The molecular weight excluding hydrogens is 250 g/mol. The summed E-state index contributed by atoms with van der Waals surface area (Å²) in [5, 5.41) is 3.04. The first-order valence-electron chi connectivity index (χ1n) is 7.36. The predicted molar refractivity (Wildman–Crippen MR) is 81.2 cm³/mol. The van der Waals surface area contributed by atoms with Crippen LogP contribution in [-0.2, 0) is 4.79 Å². The van der Waals surface area contributed by atoms with Crippen molar-refractivity contribution in [2.75, 3.05) is 20.1 Å². The van der Waals surface area contributed by atoms with Crippen LogP contribution in [0.25, 0.3) is 0 Å². The molecule has 1 fully saturated rings. The van der Waals surface area contributed by atoms with Gasteiger partial charge in [0.2, 0.25) is 5.91 Å². The third-order valence-corrected chi connectivity index (χ3v) is 4.04. The fourth-order valence-electron chi connectivity index (χ4n) is 2.67. The van der Waals surface area contributed by atoms with E-state index in [4.69, 9.17) is 5.73 Å². The van der Waals surface area contributed by atoms with E-state index in [1.165, 1.54) is 12.8 Å². The van der Waals surface area contributed by atoms with Crippen LogP contribution in [0.2, 0.25) is 0 Å². The molecule has 110 valence electrons. The molecule has 3 N–H and O–H groups in total. The molecular formula is C16H25N3O. The Kier molecular flexibility index (Phi) is 5.15. The average Bonchev–Trinajstić information content (AvgIpc) is 3.25. The third-order valence-electron chi connectivity index (χ3n) is 4.04. The zero-order valence-electron chi connectivity index (χ0n) is 12.4. The lowest BCUT2D eigenvalue weighted by Crippen LogP contribution is -2.45. The number of amides is 1. The number of nitrogens with one attached hydrogen (secondary N) is 1. The minimum absolute atomic E-state index is 0.0364. The van der Waals surface area contributed by atoms with Crippen LogP contribution in [-0.4, -0.2) is 37.0 Å². The van der Waals surface area contributed by atoms with Crippen molar-refractivity contribution in [1.29, 1.82) is 0 Å². The molecule has 1 saturated carbocycles. The molecule has 4 nitrogen and oxygen atoms in total. The average molecular weight is 275 g/mol. The van der Waals surface area contributed by atoms with Crippen LogP contribution in [0.15, 0.2) is 30.3 Å². The molecule has 4 heteroatoms. The molecule has 1 aliphatic carbocycles. The lowest BCUT2D eigenvalue weighted by molar-refractivity contribution is -0.123. The smallest absolute Gasteiger partial charge is 0.234 e. The van der Waals surface area contributed by atoms with Crippen LogP contribution in [0.4, 0.5) is 0 Å². The maximum atomic E-state index is 12.1. The number of likely N-dealkylation sites (N-methyl/N-ethyl adjacent to an activating group) is 1. The van der Waals surface area contributed by atoms with Crippen LogP contribution >= 0.6 is 0 Å². The highest BCUT2D eigenvalue weighted by molar-refractivity contribution is 5.78. The molecule has 2 unspecified atom stereocenters. The predicted octanol–water partition coefficient (Wildman–Crippen LogP) is 1.53. The molecule has 0 aromatic heterocycles. The minimum Gasteiger partial charge on any atom is -0.348 e. The van der Waals surface area contributed by atoms with Crippen molar-refractivity contribution in [1.82, 2.24) is 10.2 Å². The van der Waals surface area contributed by atoms with E-state index in [1.54, 1.807) is 0 Å². The van der Waals surface area contributed by atoms with E-state index in [0.29, 0.717) is 25.0 Å². The Morgan fingerprint density at radius 3 is 2.60 bits per heavy atom. The molecule has 2 rings (SSSR count). The summed E-state index contributed by atoms with van der Waals surface area (Å²) >= 11 is 0. The molecule has 1 aromatic rings. The fraction of sp³-hybridized carbons (Fsp3) is 0.562. The maximum absolute atomic E-state index is 12.1. The van der Waals surface area contributed by atoms with Gasteiger partial charge >= 0.3 is 0 Å². The van der Waals surface area contributed by atoms with E-state index in [2.05, 4.69) is 10.2 Å². The Balaban J connectivity index is 1.82. The summed E-state index contributed by atoms with van der Waals surface area (Å²) in [5.74, 6) is 0.743. The Hall–Kier alpha value is -1.39. The molecule has 0 radical (unpaired) electrons. The molecule has 0 spiro atoms. The van der Waals surface area contributed by atoms with Gasteiger partial charge in [0.25, 0.3) is 0 Å². The summed E-state index contributed by atoms with van der Waals surface area (Å²) < 4.78 is 0. The number of nitrogens with two attached hydrogens (primary N) is 1. The maximum Gasteiger partial charge on any atom is 0.234 e. The molecule has 0 bridgehead atoms. The van der Waals surface area contributed by atoms with E-state index in [0.717, 1.165) is 5.56 Å². The fourth-order valence-corrected chi connectivity index (χ4v) is 2.67. The zero-order chi connectivity index (χ0) is 14.5. The van der Waals surface area contributed by atoms with Gasteiger partial charge in [-0.2, -0.15) is 0 Å². The third kappa shape index (κ3) is 4.05. The number of benzene rings is 1. The van der Waals surface area contributed by atoms with Crippen molar-refractivity contribution < 1.29 is 4.79 Å². The van der Waals surface area contributed by atoms with Crippen molar-refractivity contribution in [2.24, 2.45) is 11.7 Å². The Bertz CT molecular complexity index is 431. The summed E-state index contributed by atoms with van der Waals surface area (Å²) in [7, 11) is 1.99. The van der Waals surface area contributed by atoms with E-state index in [-0.39, 0.29) is 11.9 Å². The van der Waals surface area contributed by atoms with Crippen molar-refractivity contribution in [2.45, 2.75) is 31.8 Å². The lowest BCUT2D eigenvalue weighted by Gasteiger charge is -2.27. The molecule has 1 amide bonds. The van der Waals surface area contributed by atoms with Crippen molar-refractivity contribution in [3.05, 3.63) is 35.9 Å². The highest BCUT2D eigenvalue weighted by atomic mass is 16.2. The van der Waals surface area contributed by atoms with E-state index in [1.807, 2.05) is 44.3 Å². The largest absolute Gasteiger partial charge is 0.348 e. The molecule has 1 aromatic carbocycles. The number of rotatable bonds is 7. The highest BCUT2D eigenvalue weighted by Crippen LogP contribution is 2.34. The summed E-state index contributed by atoms with van der Waals surface area (Å²) in [4.78, 5) is 14.2. The topological polar surface area (TPSA) is 58.4 Å². The second-order valence-corrected chi connectivity index (χ2v) is 5.76. The first-order valence-corrected chi connectivity index (χ1v) is 7.36. The van der Waals surface area contributed by atoms with Gasteiger partial charge in [-0.15, -0.1) is 0 Å². The number of carbonyl (C=O) groups is 1. The quantitative estimate of drug-likeness (QED) is 0.793. The van der Waals surface area contributed by atoms with Gasteiger partial charge in [0.15, 0.2) is 0 Å². The minimum atomic E-state index is 0.0364. The summed E-state index contributed by atoms with van der Waals surface area (Å²) in [6, 6.07) is 10.4. The summed E-state index contributed by atoms with van der Waals surface area (Å²) in [6.07, 6.45) is 2.49. The van der Waals surface area contributed by atoms with Crippen LogP contribution in [0.5, 0.6) is 0 Å². The lowest BCUT2D eigenvalue weighted by atomic mass is 10.1. The van der Waals surface area contributed by atoms with Crippen molar-refractivity contribution in [3.63, 3.8) is 0 Å². The Morgan fingerprint density at radius 1 is 1.40 bits per heavy atom. The van der Waals surface area contributed by atoms with Gasteiger partial charge in [0, 0.05) is 12.6 Å². The van der Waals surface area contributed by atoms with E-state index < -0.39 is 0 Å². The molecule has 2 atom stereocenters. The van der Waals surface area contributed by atoms with Crippen molar-refractivity contribution >= 4 is 5.91 Å². The van der Waals surface area contributed by atoms with Gasteiger partial charge in [-0.25, -0.2) is 0 Å². The second kappa shape index (κ2) is 6.86. The number of hydrogen-bond acceptors (Lipinski definition) is 3. The first-order chi connectivity index (χ1) is 9.61. The highest BCUT2D eigenvalue weighted by Gasteiger charge is 2.33. The SMILES string of the molecule is CC(NC(=O)CN(C)C(CN)C1CC1)c1ccccc1. The van der Waals surface area contributed by atoms with Crippen LogP contribution in [0.3, 0.4) is 0 Å². The molecule has 1 aliphatic rings. The van der Waals surface area contributed by atoms with Gasteiger partial charge in [-0.1, -0.05) is 30.3 Å². The zero-order valence-corrected chi connectivity index (χ0v) is 12.4. The normalized spacial score (nSPS) is 17.8. The summed E-state index contributed by atoms with van der Waals surface area (Å²) in [5.41, 5.74) is 6.94. The monoisotopic (exact) mass is 275 g/mol. The first kappa shape index (κ1) is 15.0. The number of nitrogens with zero attached hydrogens (tertiary/aromatic N) is 1. The van der Waals surface area contributed by atoms with Gasteiger partial charge in [0.1, 0.15) is 0 Å². The molecule has 20 heavy (non-hydrogen) atoms. The summed E-state index contributed by atoms with van der Waals surface area (Å²) in [6.45, 7) is 3.05. The van der Waals surface area contributed by atoms with Gasteiger partial charge < -0.3 is 11.1 Å². The Labute approximate surface area is 121 Å². The second-order valence-electron chi connectivity index (χ2n) is 5.76. The molecule has 0 saturated heterocycles. The van der Waals surface area contributed by atoms with Crippen LogP contribution in [0, 0.1) is 5.92 Å².